The second-order valence-corrected chi connectivity index (χ2v) is 7.19. The maximum Gasteiger partial charge on any atom is 0.233 e. The standard InChI is InChI=1S/C18H19ClFNO2S/c1-11(13-4-9-17(23-3)16(20)10-13)21-18(22)12(2)24-15-7-5-14(19)6-8-15/h4-12H,1-3H3,(H,21,22). The topological polar surface area (TPSA) is 38.3 Å². The molecule has 0 saturated heterocycles. The lowest BCUT2D eigenvalue weighted by Gasteiger charge is -2.18. The summed E-state index contributed by atoms with van der Waals surface area (Å²) in [6, 6.07) is 11.7. The van der Waals surface area contributed by atoms with Crippen LogP contribution in [0.15, 0.2) is 47.4 Å². The highest BCUT2D eigenvalue weighted by molar-refractivity contribution is 8.00. The van der Waals surface area contributed by atoms with Crippen molar-refractivity contribution in [2.45, 2.75) is 30.0 Å². The van der Waals surface area contributed by atoms with E-state index in [-0.39, 0.29) is 22.9 Å². The Kier molecular flexibility index (Phi) is 6.52. The molecule has 0 aromatic heterocycles. The number of amides is 1. The summed E-state index contributed by atoms with van der Waals surface area (Å²) in [5.41, 5.74) is 0.686. The van der Waals surface area contributed by atoms with Crippen LogP contribution in [0.1, 0.15) is 25.5 Å². The van der Waals surface area contributed by atoms with Crippen molar-refractivity contribution in [3.63, 3.8) is 0 Å². The van der Waals surface area contributed by atoms with Crippen molar-refractivity contribution < 1.29 is 13.9 Å². The molecule has 2 unspecified atom stereocenters. The van der Waals surface area contributed by atoms with E-state index in [9.17, 15) is 9.18 Å². The van der Waals surface area contributed by atoms with Crippen LogP contribution in [-0.2, 0) is 4.79 Å². The molecule has 3 nitrogen and oxygen atoms in total. The molecule has 0 aliphatic carbocycles. The van der Waals surface area contributed by atoms with Crippen LogP contribution in [0.3, 0.4) is 0 Å². The first-order valence-corrected chi connectivity index (χ1v) is 8.72. The number of benzene rings is 2. The summed E-state index contributed by atoms with van der Waals surface area (Å²) in [4.78, 5) is 13.3. The fourth-order valence-electron chi connectivity index (χ4n) is 2.14. The number of thioether (sulfide) groups is 1. The molecule has 2 atom stereocenters. The van der Waals surface area contributed by atoms with Crippen LogP contribution >= 0.6 is 23.4 Å². The van der Waals surface area contributed by atoms with Gasteiger partial charge in [-0.25, -0.2) is 4.39 Å². The Hall–Kier alpha value is -1.72. The zero-order chi connectivity index (χ0) is 17.7. The van der Waals surface area contributed by atoms with Crippen molar-refractivity contribution >= 4 is 29.3 Å². The van der Waals surface area contributed by atoms with E-state index in [4.69, 9.17) is 16.3 Å². The van der Waals surface area contributed by atoms with Crippen LogP contribution in [0.2, 0.25) is 5.02 Å². The quantitative estimate of drug-likeness (QED) is 0.742. The van der Waals surface area contributed by atoms with Gasteiger partial charge in [-0.3, -0.25) is 4.79 Å². The SMILES string of the molecule is COc1ccc(C(C)NC(=O)C(C)Sc2ccc(Cl)cc2)cc1F. The second-order valence-electron chi connectivity index (χ2n) is 5.34. The fourth-order valence-corrected chi connectivity index (χ4v) is 3.14. The molecular formula is C18H19ClFNO2S. The second kappa shape index (κ2) is 8.40. The Morgan fingerprint density at radius 3 is 2.46 bits per heavy atom. The number of methoxy groups -OCH3 is 1. The Morgan fingerprint density at radius 1 is 1.21 bits per heavy atom. The molecule has 0 fully saturated rings. The molecule has 6 heteroatoms. The molecule has 0 spiro atoms. The van der Waals surface area contributed by atoms with Gasteiger partial charge in [0.1, 0.15) is 0 Å². The number of halogens is 2. The van der Waals surface area contributed by atoms with E-state index in [1.807, 2.05) is 26.0 Å². The molecule has 2 rings (SSSR count). The first kappa shape index (κ1) is 18.6. The number of hydrogen-bond donors (Lipinski definition) is 1. The van der Waals surface area contributed by atoms with Gasteiger partial charge in [-0.2, -0.15) is 0 Å². The summed E-state index contributed by atoms with van der Waals surface area (Å²) >= 11 is 7.30. The molecule has 1 N–H and O–H groups in total. The van der Waals surface area contributed by atoms with Gasteiger partial charge in [0.15, 0.2) is 11.6 Å². The minimum absolute atomic E-state index is 0.112. The van der Waals surface area contributed by atoms with Crippen LogP contribution in [0.4, 0.5) is 4.39 Å². The van der Waals surface area contributed by atoms with E-state index in [0.717, 1.165) is 4.90 Å². The number of carbonyl (C=O) groups excluding carboxylic acids is 1. The normalized spacial score (nSPS) is 13.2. The van der Waals surface area contributed by atoms with E-state index < -0.39 is 5.82 Å². The first-order valence-electron chi connectivity index (χ1n) is 7.46. The number of ether oxygens (including phenoxy) is 1. The van der Waals surface area contributed by atoms with Crippen molar-refractivity contribution in [3.8, 4) is 5.75 Å². The fraction of sp³-hybridized carbons (Fsp3) is 0.278. The molecular weight excluding hydrogens is 349 g/mol. The van der Waals surface area contributed by atoms with Gasteiger partial charge in [0.05, 0.1) is 18.4 Å². The molecule has 0 aliphatic heterocycles. The summed E-state index contributed by atoms with van der Waals surface area (Å²) in [7, 11) is 1.42. The van der Waals surface area contributed by atoms with Gasteiger partial charge in [-0.1, -0.05) is 17.7 Å². The van der Waals surface area contributed by atoms with Crippen LogP contribution in [-0.4, -0.2) is 18.3 Å². The van der Waals surface area contributed by atoms with Crippen molar-refractivity contribution in [2.75, 3.05) is 7.11 Å². The predicted molar refractivity (Wildman–Crippen MR) is 96.3 cm³/mol. The predicted octanol–water partition coefficient (Wildman–Crippen LogP) is 4.85. The zero-order valence-corrected chi connectivity index (χ0v) is 15.2. The summed E-state index contributed by atoms with van der Waals surface area (Å²) < 4.78 is 18.7. The smallest absolute Gasteiger partial charge is 0.233 e. The average Bonchev–Trinajstić information content (AvgIpc) is 2.56. The number of carbonyl (C=O) groups is 1. The molecule has 0 radical (unpaired) electrons. The van der Waals surface area contributed by atoms with E-state index >= 15 is 0 Å². The van der Waals surface area contributed by atoms with E-state index in [1.165, 1.54) is 24.9 Å². The van der Waals surface area contributed by atoms with Gasteiger partial charge in [0, 0.05) is 9.92 Å². The first-order chi connectivity index (χ1) is 11.4. The zero-order valence-electron chi connectivity index (χ0n) is 13.7. The lowest BCUT2D eigenvalue weighted by atomic mass is 10.1. The third-order valence-electron chi connectivity index (χ3n) is 3.53. The van der Waals surface area contributed by atoms with Crippen molar-refractivity contribution in [1.82, 2.24) is 5.32 Å². The monoisotopic (exact) mass is 367 g/mol. The average molecular weight is 368 g/mol. The third-order valence-corrected chi connectivity index (χ3v) is 4.89. The Balaban J connectivity index is 1.97. The summed E-state index contributed by atoms with van der Waals surface area (Å²) in [6.07, 6.45) is 0. The number of nitrogens with one attached hydrogen (secondary N) is 1. The van der Waals surface area contributed by atoms with Crippen LogP contribution < -0.4 is 10.1 Å². The maximum absolute atomic E-state index is 13.8. The maximum atomic E-state index is 13.8. The van der Waals surface area contributed by atoms with Gasteiger partial charge in [-0.05, 0) is 55.8 Å². The van der Waals surface area contributed by atoms with E-state index in [0.29, 0.717) is 10.6 Å². The van der Waals surface area contributed by atoms with E-state index in [2.05, 4.69) is 5.32 Å². The Bertz CT molecular complexity index is 709. The minimum Gasteiger partial charge on any atom is -0.494 e. The number of hydrogen-bond acceptors (Lipinski definition) is 3. The highest BCUT2D eigenvalue weighted by Crippen LogP contribution is 2.26. The lowest BCUT2D eigenvalue weighted by Crippen LogP contribution is -2.33. The molecule has 24 heavy (non-hydrogen) atoms. The summed E-state index contributed by atoms with van der Waals surface area (Å²) in [6.45, 7) is 3.65. The van der Waals surface area contributed by atoms with Crippen molar-refractivity contribution in [1.29, 1.82) is 0 Å². The minimum atomic E-state index is -0.445. The van der Waals surface area contributed by atoms with Crippen LogP contribution in [0.5, 0.6) is 5.75 Å². The van der Waals surface area contributed by atoms with Gasteiger partial charge in [-0.15, -0.1) is 11.8 Å². The van der Waals surface area contributed by atoms with Crippen LogP contribution in [0.25, 0.3) is 0 Å². The van der Waals surface area contributed by atoms with Crippen LogP contribution in [0, 0.1) is 5.82 Å². The molecule has 2 aromatic carbocycles. The van der Waals surface area contributed by atoms with Gasteiger partial charge >= 0.3 is 0 Å². The molecule has 0 saturated carbocycles. The van der Waals surface area contributed by atoms with E-state index in [1.54, 1.807) is 24.3 Å². The number of rotatable bonds is 6. The summed E-state index contributed by atoms with van der Waals surface area (Å²) in [5, 5.41) is 3.28. The molecule has 2 aromatic rings. The highest BCUT2D eigenvalue weighted by Gasteiger charge is 2.18. The molecule has 1 amide bonds. The molecule has 0 heterocycles. The van der Waals surface area contributed by atoms with Gasteiger partial charge in [0.25, 0.3) is 0 Å². The molecule has 128 valence electrons. The Labute approximate surface area is 150 Å². The lowest BCUT2D eigenvalue weighted by molar-refractivity contribution is -0.120. The Morgan fingerprint density at radius 2 is 1.88 bits per heavy atom. The third kappa shape index (κ3) is 4.89. The molecule has 0 bridgehead atoms. The van der Waals surface area contributed by atoms with Crippen molar-refractivity contribution in [2.24, 2.45) is 0 Å². The van der Waals surface area contributed by atoms with Crippen molar-refractivity contribution in [3.05, 3.63) is 58.9 Å². The largest absolute Gasteiger partial charge is 0.494 e. The molecule has 0 aliphatic rings. The summed E-state index contributed by atoms with van der Waals surface area (Å²) in [5.74, 6) is -0.373. The highest BCUT2D eigenvalue weighted by atomic mass is 35.5. The van der Waals surface area contributed by atoms with Gasteiger partial charge < -0.3 is 10.1 Å². The van der Waals surface area contributed by atoms with Gasteiger partial charge in [0.2, 0.25) is 5.91 Å².